The molecule has 3 aromatic rings. The van der Waals surface area contributed by atoms with E-state index >= 15 is 0 Å². The summed E-state index contributed by atoms with van der Waals surface area (Å²) in [7, 11) is 0. The Morgan fingerprint density at radius 1 is 1.19 bits per heavy atom. The molecule has 1 amide bonds. The van der Waals surface area contributed by atoms with E-state index in [0.717, 1.165) is 45.9 Å². The highest BCUT2D eigenvalue weighted by Gasteiger charge is 2.14. The second kappa shape index (κ2) is 8.20. The van der Waals surface area contributed by atoms with Crippen LogP contribution in [0.3, 0.4) is 0 Å². The summed E-state index contributed by atoms with van der Waals surface area (Å²) in [6.07, 6.45) is 1.85. The molecule has 4 rings (SSSR count). The molecule has 0 radical (unpaired) electrons. The first kappa shape index (κ1) is 17.5. The number of hydrogen-bond acceptors (Lipinski definition) is 7. The number of thioether (sulfide) groups is 1. The van der Waals surface area contributed by atoms with Gasteiger partial charge in [0.1, 0.15) is 16.5 Å². The van der Waals surface area contributed by atoms with E-state index in [-0.39, 0.29) is 5.91 Å². The number of hydrogen-bond donors (Lipinski definition) is 1. The minimum Gasteiger partial charge on any atom is -0.355 e. The van der Waals surface area contributed by atoms with E-state index in [2.05, 4.69) is 20.2 Å². The van der Waals surface area contributed by atoms with Gasteiger partial charge in [-0.15, -0.1) is 22.7 Å². The maximum Gasteiger partial charge on any atom is 0.271 e. The van der Waals surface area contributed by atoms with Gasteiger partial charge in [0.15, 0.2) is 0 Å². The molecular weight excluding hydrogens is 384 g/mol. The molecule has 1 aliphatic heterocycles. The monoisotopic (exact) mass is 402 g/mol. The first-order chi connectivity index (χ1) is 12.8. The summed E-state index contributed by atoms with van der Waals surface area (Å²) < 4.78 is 0. The van der Waals surface area contributed by atoms with Crippen LogP contribution in [0.2, 0.25) is 0 Å². The Labute approximate surface area is 164 Å². The standard InChI is InChI=1S/C18H18N4OS3/c23-17(20-11-14-2-1-7-25-14)15-12-26-18(21-15)13-3-4-16(19-10-13)22-5-8-24-9-6-22/h1-4,7,10,12H,5-6,8-9,11H2,(H,20,23). The molecule has 3 aromatic heterocycles. The van der Waals surface area contributed by atoms with Crippen LogP contribution in [0, 0.1) is 0 Å². The minimum atomic E-state index is -0.142. The highest BCUT2D eigenvalue weighted by Crippen LogP contribution is 2.25. The van der Waals surface area contributed by atoms with Crippen LogP contribution in [-0.2, 0) is 6.54 Å². The normalized spacial score (nSPS) is 14.4. The minimum absolute atomic E-state index is 0.142. The molecule has 8 heteroatoms. The van der Waals surface area contributed by atoms with Crippen LogP contribution in [-0.4, -0.2) is 40.5 Å². The zero-order valence-electron chi connectivity index (χ0n) is 14.1. The van der Waals surface area contributed by atoms with Gasteiger partial charge in [-0.3, -0.25) is 4.79 Å². The van der Waals surface area contributed by atoms with Gasteiger partial charge < -0.3 is 10.2 Å². The first-order valence-corrected chi connectivity index (χ1v) is 11.3. The van der Waals surface area contributed by atoms with Gasteiger partial charge in [-0.25, -0.2) is 9.97 Å². The van der Waals surface area contributed by atoms with E-state index in [0.29, 0.717) is 12.2 Å². The quantitative estimate of drug-likeness (QED) is 0.704. The fraction of sp³-hybridized carbons (Fsp3) is 0.278. The van der Waals surface area contributed by atoms with Crippen LogP contribution in [0.4, 0.5) is 5.82 Å². The summed E-state index contributed by atoms with van der Waals surface area (Å²) in [5.74, 6) is 3.18. The maximum atomic E-state index is 12.3. The second-order valence-electron chi connectivity index (χ2n) is 5.80. The van der Waals surface area contributed by atoms with Crippen LogP contribution in [0.15, 0.2) is 41.2 Å². The Kier molecular flexibility index (Phi) is 5.52. The fourth-order valence-corrected chi connectivity index (χ4v) is 5.01. The molecule has 1 fully saturated rings. The second-order valence-corrected chi connectivity index (χ2v) is 8.92. The molecule has 4 heterocycles. The molecule has 0 atom stereocenters. The number of pyridine rings is 1. The maximum absolute atomic E-state index is 12.3. The summed E-state index contributed by atoms with van der Waals surface area (Å²) in [5, 5.41) is 7.53. The third-order valence-corrected chi connectivity index (χ3v) is 6.78. The van der Waals surface area contributed by atoms with Crippen molar-refractivity contribution < 1.29 is 4.79 Å². The lowest BCUT2D eigenvalue weighted by atomic mass is 10.3. The number of carbonyl (C=O) groups is 1. The van der Waals surface area contributed by atoms with Crippen LogP contribution in [0.1, 0.15) is 15.4 Å². The van der Waals surface area contributed by atoms with Gasteiger partial charge in [0, 0.05) is 46.6 Å². The summed E-state index contributed by atoms with van der Waals surface area (Å²) in [6.45, 7) is 2.62. The number of thiophene rings is 1. The van der Waals surface area contributed by atoms with E-state index in [1.165, 1.54) is 11.3 Å². The molecule has 5 nitrogen and oxygen atoms in total. The number of amides is 1. The van der Waals surface area contributed by atoms with Gasteiger partial charge in [0.2, 0.25) is 0 Å². The third-order valence-electron chi connectivity index (χ3n) is 4.07. The number of anilines is 1. The molecule has 1 aliphatic rings. The smallest absolute Gasteiger partial charge is 0.271 e. The fourth-order valence-electron chi connectivity index (χ4n) is 2.67. The van der Waals surface area contributed by atoms with Crippen molar-refractivity contribution in [2.45, 2.75) is 6.54 Å². The Hall–Kier alpha value is -1.90. The highest BCUT2D eigenvalue weighted by atomic mass is 32.2. The third kappa shape index (κ3) is 4.08. The van der Waals surface area contributed by atoms with Crippen LogP contribution in [0.25, 0.3) is 10.6 Å². The molecule has 0 spiro atoms. The molecule has 1 N–H and O–H groups in total. The average molecular weight is 403 g/mol. The van der Waals surface area contributed by atoms with E-state index in [4.69, 9.17) is 0 Å². The molecule has 134 valence electrons. The van der Waals surface area contributed by atoms with Crippen molar-refractivity contribution in [1.82, 2.24) is 15.3 Å². The number of aromatic nitrogens is 2. The van der Waals surface area contributed by atoms with Gasteiger partial charge in [0.25, 0.3) is 5.91 Å². The average Bonchev–Trinajstić information content (AvgIpc) is 3.39. The molecule has 0 aliphatic carbocycles. The highest BCUT2D eigenvalue weighted by molar-refractivity contribution is 7.99. The number of nitrogens with zero attached hydrogens (tertiary/aromatic N) is 3. The Morgan fingerprint density at radius 2 is 2.08 bits per heavy atom. The van der Waals surface area contributed by atoms with E-state index in [1.54, 1.807) is 16.7 Å². The van der Waals surface area contributed by atoms with Gasteiger partial charge in [-0.2, -0.15) is 11.8 Å². The number of rotatable bonds is 5. The van der Waals surface area contributed by atoms with Crippen molar-refractivity contribution in [3.63, 3.8) is 0 Å². The van der Waals surface area contributed by atoms with Crippen molar-refractivity contribution in [2.24, 2.45) is 0 Å². The van der Waals surface area contributed by atoms with E-state index in [9.17, 15) is 4.79 Å². The lowest BCUT2D eigenvalue weighted by molar-refractivity contribution is 0.0947. The van der Waals surface area contributed by atoms with Crippen LogP contribution in [0.5, 0.6) is 0 Å². The lowest BCUT2D eigenvalue weighted by Gasteiger charge is -2.27. The Balaban J connectivity index is 1.41. The molecule has 0 saturated carbocycles. The number of carbonyl (C=O) groups excluding carboxylic acids is 1. The molecule has 0 aromatic carbocycles. The van der Waals surface area contributed by atoms with E-state index < -0.39 is 0 Å². The Morgan fingerprint density at radius 3 is 2.81 bits per heavy atom. The molecule has 0 unspecified atom stereocenters. The molecular formula is C18H18N4OS3. The zero-order chi connectivity index (χ0) is 17.8. The summed E-state index contributed by atoms with van der Waals surface area (Å²) in [5.41, 5.74) is 1.40. The van der Waals surface area contributed by atoms with Crippen LogP contribution >= 0.6 is 34.4 Å². The first-order valence-electron chi connectivity index (χ1n) is 8.35. The van der Waals surface area contributed by atoms with Crippen molar-refractivity contribution in [1.29, 1.82) is 0 Å². The summed E-state index contributed by atoms with van der Waals surface area (Å²) in [4.78, 5) is 24.8. The van der Waals surface area contributed by atoms with Crippen molar-refractivity contribution in [3.8, 4) is 10.6 Å². The molecule has 0 bridgehead atoms. The topological polar surface area (TPSA) is 58.1 Å². The summed E-state index contributed by atoms with van der Waals surface area (Å²) in [6, 6.07) is 8.07. The van der Waals surface area contributed by atoms with Crippen molar-refractivity contribution >= 4 is 46.2 Å². The van der Waals surface area contributed by atoms with Crippen molar-refractivity contribution in [2.75, 3.05) is 29.5 Å². The molecule has 26 heavy (non-hydrogen) atoms. The van der Waals surface area contributed by atoms with Gasteiger partial charge in [-0.05, 0) is 23.6 Å². The van der Waals surface area contributed by atoms with Crippen molar-refractivity contribution in [3.05, 3.63) is 51.8 Å². The predicted molar refractivity (Wildman–Crippen MR) is 110 cm³/mol. The zero-order valence-corrected chi connectivity index (χ0v) is 16.5. The van der Waals surface area contributed by atoms with E-state index in [1.807, 2.05) is 47.6 Å². The van der Waals surface area contributed by atoms with Gasteiger partial charge in [-0.1, -0.05) is 6.07 Å². The largest absolute Gasteiger partial charge is 0.355 e. The predicted octanol–water partition coefficient (Wildman–Crippen LogP) is 3.75. The SMILES string of the molecule is O=C(NCc1cccs1)c1csc(-c2ccc(N3CCSCC3)nc2)n1. The number of nitrogens with one attached hydrogen (secondary N) is 1. The van der Waals surface area contributed by atoms with Crippen LogP contribution < -0.4 is 10.2 Å². The Bertz CT molecular complexity index is 855. The number of thiazole rings is 1. The summed E-state index contributed by atoms with van der Waals surface area (Å²) >= 11 is 5.09. The van der Waals surface area contributed by atoms with Gasteiger partial charge in [0.05, 0.1) is 6.54 Å². The lowest BCUT2D eigenvalue weighted by Crippen LogP contribution is -2.32. The molecule has 1 saturated heterocycles. The van der Waals surface area contributed by atoms with Gasteiger partial charge >= 0.3 is 0 Å².